The van der Waals surface area contributed by atoms with Crippen LogP contribution in [0.25, 0.3) is 0 Å². The number of rotatable bonds is 3. The Kier molecular flexibility index (Phi) is 3.46. The van der Waals surface area contributed by atoms with E-state index in [2.05, 4.69) is 15.3 Å². The second-order valence-corrected chi connectivity index (χ2v) is 7.17. The number of nitrogen functional groups attached to an aromatic ring is 1. The summed E-state index contributed by atoms with van der Waals surface area (Å²) in [7, 11) is -1.95. The molecule has 0 aliphatic carbocycles. The van der Waals surface area contributed by atoms with Crippen LogP contribution >= 0.6 is 0 Å². The molecule has 1 fully saturated rings. The summed E-state index contributed by atoms with van der Waals surface area (Å²) in [5.74, 6) is 0.176. The number of nitrogens with two attached hydrogens (primary N) is 1. The molecule has 0 saturated carbocycles. The molecule has 2 aromatic heterocycles. The van der Waals surface area contributed by atoms with Crippen molar-refractivity contribution < 1.29 is 8.42 Å². The summed E-state index contributed by atoms with van der Waals surface area (Å²) in [4.78, 5) is 0.0789. The smallest absolute Gasteiger partial charge is 0.248 e. The summed E-state index contributed by atoms with van der Waals surface area (Å²) in [6.45, 7) is 0.931. The van der Waals surface area contributed by atoms with Gasteiger partial charge in [-0.1, -0.05) is 0 Å². The number of nitrogens with zero attached hydrogens (tertiary/aromatic N) is 4. The van der Waals surface area contributed by atoms with Crippen LogP contribution < -0.4 is 5.73 Å². The lowest BCUT2D eigenvalue weighted by Crippen LogP contribution is -2.39. The van der Waals surface area contributed by atoms with Crippen LogP contribution in [-0.2, 0) is 17.1 Å². The second kappa shape index (κ2) is 5.15. The summed E-state index contributed by atoms with van der Waals surface area (Å²) < 4.78 is 28.3. The Morgan fingerprint density at radius 1 is 1.48 bits per heavy atom. The molecule has 1 aliphatic rings. The van der Waals surface area contributed by atoms with Gasteiger partial charge < -0.3 is 5.73 Å². The average molecular weight is 310 g/mol. The Bertz CT molecular complexity index is 721. The zero-order valence-electron chi connectivity index (χ0n) is 11.7. The van der Waals surface area contributed by atoms with Crippen LogP contribution in [0, 0.1) is 0 Å². The SMILES string of the molecule is Cn1cc(S(=O)(=O)N2CCCC(c3ccn[nH]3)C2)c(N)n1. The lowest BCUT2D eigenvalue weighted by molar-refractivity contribution is 0.312. The number of piperidine rings is 1. The molecule has 1 atom stereocenters. The minimum Gasteiger partial charge on any atom is -0.381 e. The molecular formula is C12H18N6O2S. The summed E-state index contributed by atoms with van der Waals surface area (Å²) in [6, 6.07) is 1.89. The molecule has 114 valence electrons. The van der Waals surface area contributed by atoms with Crippen molar-refractivity contribution in [2.24, 2.45) is 7.05 Å². The molecule has 21 heavy (non-hydrogen) atoms. The zero-order valence-corrected chi connectivity index (χ0v) is 12.5. The average Bonchev–Trinajstić information content (AvgIpc) is 3.09. The predicted molar refractivity (Wildman–Crippen MR) is 76.9 cm³/mol. The van der Waals surface area contributed by atoms with Crippen LogP contribution in [0.15, 0.2) is 23.4 Å². The van der Waals surface area contributed by atoms with Gasteiger partial charge in [-0.2, -0.15) is 14.5 Å². The van der Waals surface area contributed by atoms with Crippen molar-refractivity contribution in [3.05, 3.63) is 24.2 Å². The van der Waals surface area contributed by atoms with Crippen LogP contribution in [0.4, 0.5) is 5.82 Å². The van der Waals surface area contributed by atoms with Gasteiger partial charge in [-0.15, -0.1) is 0 Å². The van der Waals surface area contributed by atoms with Crippen LogP contribution in [0.2, 0.25) is 0 Å². The van der Waals surface area contributed by atoms with Gasteiger partial charge in [0.1, 0.15) is 4.90 Å². The maximum atomic E-state index is 12.7. The number of nitrogens with one attached hydrogen (secondary N) is 1. The van der Waals surface area contributed by atoms with Crippen molar-refractivity contribution in [3.8, 4) is 0 Å². The second-order valence-electron chi connectivity index (χ2n) is 5.27. The molecule has 0 radical (unpaired) electrons. The molecule has 8 nitrogen and oxygen atoms in total. The Morgan fingerprint density at radius 3 is 2.90 bits per heavy atom. The lowest BCUT2D eigenvalue weighted by atomic mass is 9.96. The number of hydrogen-bond donors (Lipinski definition) is 2. The molecule has 3 N–H and O–H groups in total. The van der Waals surface area contributed by atoms with Crippen molar-refractivity contribution in [1.82, 2.24) is 24.3 Å². The lowest BCUT2D eigenvalue weighted by Gasteiger charge is -2.31. The fraction of sp³-hybridized carbons (Fsp3) is 0.500. The highest BCUT2D eigenvalue weighted by atomic mass is 32.2. The molecule has 3 rings (SSSR count). The van der Waals surface area contributed by atoms with E-state index in [1.165, 1.54) is 15.2 Å². The molecule has 0 bridgehead atoms. The zero-order chi connectivity index (χ0) is 15.0. The number of H-pyrrole nitrogens is 1. The molecule has 1 aliphatic heterocycles. The number of aromatic amines is 1. The molecule has 1 unspecified atom stereocenters. The molecule has 0 aromatic carbocycles. The first-order valence-electron chi connectivity index (χ1n) is 6.77. The van der Waals surface area contributed by atoms with Gasteiger partial charge in [-0.25, -0.2) is 8.42 Å². The van der Waals surface area contributed by atoms with E-state index in [-0.39, 0.29) is 16.6 Å². The van der Waals surface area contributed by atoms with Gasteiger partial charge in [-0.05, 0) is 18.9 Å². The van der Waals surface area contributed by atoms with Gasteiger partial charge >= 0.3 is 0 Å². The van der Waals surface area contributed by atoms with Crippen molar-refractivity contribution in [2.75, 3.05) is 18.8 Å². The third kappa shape index (κ3) is 2.54. The van der Waals surface area contributed by atoms with E-state index in [0.29, 0.717) is 13.1 Å². The van der Waals surface area contributed by atoms with E-state index in [9.17, 15) is 8.42 Å². The number of aryl methyl sites for hydroxylation is 1. The fourth-order valence-electron chi connectivity index (χ4n) is 2.73. The molecule has 2 aromatic rings. The monoisotopic (exact) mass is 310 g/mol. The quantitative estimate of drug-likeness (QED) is 0.847. The third-order valence-corrected chi connectivity index (χ3v) is 5.67. The van der Waals surface area contributed by atoms with Crippen molar-refractivity contribution >= 4 is 15.8 Å². The van der Waals surface area contributed by atoms with Crippen LogP contribution in [0.5, 0.6) is 0 Å². The minimum atomic E-state index is -3.61. The number of anilines is 1. The Balaban J connectivity index is 1.87. The topological polar surface area (TPSA) is 110 Å². The summed E-state index contributed by atoms with van der Waals surface area (Å²) in [5.41, 5.74) is 6.68. The normalized spacial score (nSPS) is 20.7. The van der Waals surface area contributed by atoms with E-state index in [1.807, 2.05) is 6.07 Å². The maximum Gasteiger partial charge on any atom is 0.248 e. The predicted octanol–water partition coefficient (Wildman–Crippen LogP) is 0.294. The van der Waals surface area contributed by atoms with E-state index in [0.717, 1.165) is 18.5 Å². The fourth-order valence-corrected chi connectivity index (χ4v) is 4.35. The Morgan fingerprint density at radius 2 is 2.29 bits per heavy atom. The van der Waals surface area contributed by atoms with Crippen molar-refractivity contribution in [3.63, 3.8) is 0 Å². The summed E-state index contributed by atoms with van der Waals surface area (Å²) in [5, 5.41) is 10.8. The molecule has 9 heteroatoms. The van der Waals surface area contributed by atoms with Gasteiger partial charge in [0.2, 0.25) is 10.0 Å². The van der Waals surface area contributed by atoms with Gasteiger partial charge in [0.25, 0.3) is 0 Å². The number of hydrogen-bond acceptors (Lipinski definition) is 5. The number of aromatic nitrogens is 4. The highest BCUT2D eigenvalue weighted by molar-refractivity contribution is 7.89. The van der Waals surface area contributed by atoms with E-state index >= 15 is 0 Å². The first-order valence-corrected chi connectivity index (χ1v) is 8.21. The molecular weight excluding hydrogens is 292 g/mol. The van der Waals surface area contributed by atoms with Gasteiger partial charge in [0.05, 0.1) is 0 Å². The van der Waals surface area contributed by atoms with E-state index in [4.69, 9.17) is 5.73 Å². The van der Waals surface area contributed by atoms with Crippen LogP contribution in [-0.4, -0.2) is 45.8 Å². The summed E-state index contributed by atoms with van der Waals surface area (Å²) in [6.07, 6.45) is 4.88. The van der Waals surface area contributed by atoms with Crippen LogP contribution in [0.3, 0.4) is 0 Å². The van der Waals surface area contributed by atoms with Crippen LogP contribution in [0.1, 0.15) is 24.5 Å². The molecule has 0 spiro atoms. The van der Waals surface area contributed by atoms with Gasteiger partial charge in [0, 0.05) is 44.1 Å². The maximum absolute atomic E-state index is 12.7. The highest BCUT2D eigenvalue weighted by Gasteiger charge is 2.33. The molecule has 0 amide bonds. The van der Waals surface area contributed by atoms with E-state index < -0.39 is 10.0 Å². The number of sulfonamides is 1. The van der Waals surface area contributed by atoms with Crippen molar-refractivity contribution in [2.45, 2.75) is 23.7 Å². The van der Waals surface area contributed by atoms with Crippen molar-refractivity contribution in [1.29, 1.82) is 0 Å². The third-order valence-electron chi connectivity index (χ3n) is 3.79. The first kappa shape index (κ1) is 14.1. The standard InChI is InChI=1S/C12H18N6O2S/c1-17-8-11(12(13)16-17)21(19,20)18-6-2-3-9(7-18)10-4-5-14-15-10/h4-5,8-9H,2-3,6-7H2,1H3,(H2,13,16)(H,14,15). The summed E-state index contributed by atoms with van der Waals surface area (Å²) >= 11 is 0. The van der Waals surface area contributed by atoms with Gasteiger partial charge in [-0.3, -0.25) is 9.78 Å². The molecule has 3 heterocycles. The minimum absolute atomic E-state index is 0.0427. The van der Waals surface area contributed by atoms with E-state index in [1.54, 1.807) is 13.2 Å². The highest BCUT2D eigenvalue weighted by Crippen LogP contribution is 2.30. The molecule has 1 saturated heterocycles. The van der Waals surface area contributed by atoms with Gasteiger partial charge in [0.15, 0.2) is 5.82 Å². The largest absolute Gasteiger partial charge is 0.381 e. The Labute approximate surface area is 123 Å². The first-order chi connectivity index (χ1) is 9.98. The Hall–Kier alpha value is -1.87.